The molecule has 4 rings (SSSR count). The van der Waals surface area contributed by atoms with Crippen LogP contribution in [0.15, 0.2) is 60.9 Å². The molecule has 0 radical (unpaired) electrons. The second kappa shape index (κ2) is 9.47. The molecule has 0 atom stereocenters. The molecule has 2 aromatic carbocycles. The van der Waals surface area contributed by atoms with Gasteiger partial charge in [0, 0.05) is 37.9 Å². The van der Waals surface area contributed by atoms with E-state index in [1.807, 2.05) is 38.1 Å². The molecule has 0 aliphatic carbocycles. The molecule has 0 saturated carbocycles. The number of nitrogens with zero attached hydrogens (tertiary/aromatic N) is 4. The van der Waals surface area contributed by atoms with E-state index in [0.29, 0.717) is 11.6 Å². The number of carbonyl (C=O) groups is 1. The van der Waals surface area contributed by atoms with E-state index in [9.17, 15) is 4.79 Å². The quantitative estimate of drug-likeness (QED) is 0.663. The Bertz CT molecular complexity index is 1010. The molecule has 3 aromatic rings. The van der Waals surface area contributed by atoms with Gasteiger partial charge in [-0.25, -0.2) is 9.97 Å². The third-order valence-electron chi connectivity index (χ3n) is 5.21. The van der Waals surface area contributed by atoms with Crippen molar-refractivity contribution in [3.05, 3.63) is 72.1 Å². The minimum atomic E-state index is -0.252. The molecule has 7 nitrogen and oxygen atoms in total. The first-order chi connectivity index (χ1) is 15.1. The van der Waals surface area contributed by atoms with E-state index < -0.39 is 0 Å². The van der Waals surface area contributed by atoms with Crippen LogP contribution in [-0.4, -0.2) is 48.7 Å². The van der Waals surface area contributed by atoms with Crippen LogP contribution < -0.4 is 19.9 Å². The van der Waals surface area contributed by atoms with E-state index in [4.69, 9.17) is 4.74 Å². The van der Waals surface area contributed by atoms with Gasteiger partial charge in [0.05, 0.1) is 0 Å². The van der Waals surface area contributed by atoms with Crippen LogP contribution in [-0.2, 0) is 4.79 Å². The number of rotatable bonds is 6. The predicted octanol–water partition coefficient (Wildman–Crippen LogP) is 3.44. The molecule has 0 bridgehead atoms. The summed E-state index contributed by atoms with van der Waals surface area (Å²) >= 11 is 0. The molecule has 1 aromatic heterocycles. The van der Waals surface area contributed by atoms with Crippen molar-refractivity contribution in [1.82, 2.24) is 9.97 Å². The summed E-state index contributed by atoms with van der Waals surface area (Å²) in [5.41, 5.74) is 3.44. The van der Waals surface area contributed by atoms with Gasteiger partial charge in [-0.3, -0.25) is 4.79 Å². The Morgan fingerprint density at radius 3 is 2.32 bits per heavy atom. The largest absolute Gasteiger partial charge is 0.484 e. The first-order valence-corrected chi connectivity index (χ1v) is 10.4. The molecule has 1 fully saturated rings. The van der Waals surface area contributed by atoms with Gasteiger partial charge in [0.25, 0.3) is 5.91 Å². The molecule has 1 N–H and O–H groups in total. The van der Waals surface area contributed by atoms with E-state index in [-0.39, 0.29) is 12.5 Å². The third kappa shape index (κ3) is 5.51. The molecular formula is C24H27N5O2. The Balaban J connectivity index is 1.31. The van der Waals surface area contributed by atoms with Crippen molar-refractivity contribution in [2.75, 3.05) is 47.9 Å². The lowest BCUT2D eigenvalue weighted by Gasteiger charge is -2.36. The Morgan fingerprint density at radius 2 is 1.61 bits per heavy atom. The normalized spacial score (nSPS) is 13.7. The number of nitrogens with one attached hydrogen (secondary N) is 1. The van der Waals surface area contributed by atoms with Crippen molar-refractivity contribution >= 4 is 23.2 Å². The highest BCUT2D eigenvalue weighted by Gasteiger charge is 2.19. The summed E-state index contributed by atoms with van der Waals surface area (Å²) in [5, 5.41) is 2.80. The van der Waals surface area contributed by atoms with Crippen LogP contribution in [0.1, 0.15) is 11.1 Å². The Morgan fingerprint density at radius 1 is 0.935 bits per heavy atom. The first-order valence-electron chi connectivity index (χ1n) is 10.4. The number of hydrogen-bond acceptors (Lipinski definition) is 6. The summed E-state index contributed by atoms with van der Waals surface area (Å²) in [4.78, 5) is 25.5. The van der Waals surface area contributed by atoms with Crippen LogP contribution in [0, 0.1) is 13.8 Å². The molecular weight excluding hydrogens is 390 g/mol. The SMILES string of the molecule is Cc1cc(C)cc(OCC(=O)Nc2cc(N3CCN(c4ccccc4)CC3)ncn2)c1. The number of piperazine rings is 1. The summed E-state index contributed by atoms with van der Waals surface area (Å²) in [7, 11) is 0. The second-order valence-corrected chi connectivity index (χ2v) is 7.73. The number of anilines is 3. The minimum Gasteiger partial charge on any atom is -0.484 e. The standard InChI is InChI=1S/C24H27N5O2/c1-18-12-19(2)14-21(13-18)31-16-24(30)27-22-15-23(26-17-25-22)29-10-8-28(9-11-29)20-6-4-3-5-7-20/h3-7,12-15,17H,8-11,16H2,1-2H3,(H,25,26,27,30). The second-order valence-electron chi connectivity index (χ2n) is 7.73. The number of hydrogen-bond donors (Lipinski definition) is 1. The first kappa shape index (κ1) is 20.7. The number of amides is 1. The van der Waals surface area contributed by atoms with Gasteiger partial charge in [0.15, 0.2) is 6.61 Å². The van der Waals surface area contributed by atoms with Gasteiger partial charge in [-0.05, 0) is 49.2 Å². The Kier molecular flexibility index (Phi) is 6.31. The number of benzene rings is 2. The number of para-hydroxylation sites is 1. The predicted molar refractivity (Wildman–Crippen MR) is 123 cm³/mol. The molecule has 1 amide bonds. The van der Waals surface area contributed by atoms with Crippen LogP contribution in [0.25, 0.3) is 0 Å². The zero-order valence-corrected chi connectivity index (χ0v) is 17.9. The summed E-state index contributed by atoms with van der Waals surface area (Å²) in [5.74, 6) is 1.72. The van der Waals surface area contributed by atoms with Gasteiger partial charge in [-0.1, -0.05) is 24.3 Å². The van der Waals surface area contributed by atoms with Gasteiger partial charge in [0.1, 0.15) is 23.7 Å². The zero-order valence-electron chi connectivity index (χ0n) is 17.9. The fourth-order valence-electron chi connectivity index (χ4n) is 3.76. The van der Waals surface area contributed by atoms with Crippen LogP contribution in [0.3, 0.4) is 0 Å². The van der Waals surface area contributed by atoms with Crippen LogP contribution in [0.2, 0.25) is 0 Å². The average Bonchev–Trinajstić information content (AvgIpc) is 2.78. The molecule has 0 spiro atoms. The number of aromatic nitrogens is 2. The lowest BCUT2D eigenvalue weighted by molar-refractivity contribution is -0.118. The van der Waals surface area contributed by atoms with E-state index in [1.165, 1.54) is 12.0 Å². The third-order valence-corrected chi connectivity index (χ3v) is 5.21. The highest BCUT2D eigenvalue weighted by atomic mass is 16.5. The topological polar surface area (TPSA) is 70.6 Å². The summed E-state index contributed by atoms with van der Waals surface area (Å²) in [6.45, 7) is 7.48. The van der Waals surface area contributed by atoms with E-state index in [1.54, 1.807) is 0 Å². The van der Waals surface area contributed by atoms with E-state index >= 15 is 0 Å². The highest BCUT2D eigenvalue weighted by molar-refractivity contribution is 5.91. The average molecular weight is 418 g/mol. The van der Waals surface area contributed by atoms with Crippen LogP contribution in [0.4, 0.5) is 17.3 Å². The van der Waals surface area contributed by atoms with Crippen LogP contribution in [0.5, 0.6) is 5.75 Å². The van der Waals surface area contributed by atoms with Crippen molar-refractivity contribution < 1.29 is 9.53 Å². The monoisotopic (exact) mass is 417 g/mol. The van der Waals surface area contributed by atoms with Gasteiger partial charge in [-0.2, -0.15) is 0 Å². The molecule has 1 saturated heterocycles. The lowest BCUT2D eigenvalue weighted by Crippen LogP contribution is -2.46. The van der Waals surface area contributed by atoms with E-state index in [2.05, 4.69) is 55.4 Å². The minimum absolute atomic E-state index is 0.0714. The molecule has 1 aliphatic rings. The van der Waals surface area contributed by atoms with Crippen molar-refractivity contribution in [1.29, 1.82) is 0 Å². The smallest absolute Gasteiger partial charge is 0.263 e. The van der Waals surface area contributed by atoms with Gasteiger partial charge < -0.3 is 19.9 Å². The summed E-state index contributed by atoms with van der Waals surface area (Å²) in [6.07, 6.45) is 1.49. The molecule has 7 heteroatoms. The molecule has 31 heavy (non-hydrogen) atoms. The highest BCUT2D eigenvalue weighted by Crippen LogP contribution is 2.20. The van der Waals surface area contributed by atoms with Crippen molar-refractivity contribution in [3.63, 3.8) is 0 Å². The molecule has 1 aliphatic heterocycles. The maximum Gasteiger partial charge on any atom is 0.263 e. The van der Waals surface area contributed by atoms with Gasteiger partial charge in [0.2, 0.25) is 0 Å². The maximum absolute atomic E-state index is 12.3. The summed E-state index contributed by atoms with van der Waals surface area (Å²) in [6, 6.07) is 18.1. The fourth-order valence-corrected chi connectivity index (χ4v) is 3.76. The van der Waals surface area contributed by atoms with Gasteiger partial charge in [-0.15, -0.1) is 0 Å². The lowest BCUT2D eigenvalue weighted by atomic mass is 10.1. The fraction of sp³-hybridized carbons (Fsp3) is 0.292. The number of ether oxygens (including phenoxy) is 1. The number of carbonyl (C=O) groups excluding carboxylic acids is 1. The van der Waals surface area contributed by atoms with E-state index in [0.717, 1.165) is 43.1 Å². The van der Waals surface area contributed by atoms with Crippen LogP contribution >= 0.6 is 0 Å². The van der Waals surface area contributed by atoms with Crippen molar-refractivity contribution in [2.45, 2.75) is 13.8 Å². The Hall–Kier alpha value is -3.61. The molecule has 160 valence electrons. The van der Waals surface area contributed by atoms with Crippen molar-refractivity contribution in [3.8, 4) is 5.75 Å². The zero-order chi connectivity index (χ0) is 21.6. The summed E-state index contributed by atoms with van der Waals surface area (Å²) < 4.78 is 5.63. The van der Waals surface area contributed by atoms with Crippen molar-refractivity contribution in [2.24, 2.45) is 0 Å². The number of aryl methyl sites for hydroxylation is 2. The molecule has 2 heterocycles. The maximum atomic E-state index is 12.3. The molecule has 0 unspecified atom stereocenters. The Labute approximate surface area is 182 Å². The van der Waals surface area contributed by atoms with Gasteiger partial charge >= 0.3 is 0 Å².